The molecule has 0 radical (unpaired) electrons. The number of carbonyl (C=O) groups is 1. The van der Waals surface area contributed by atoms with Gasteiger partial charge in [0.2, 0.25) is 5.78 Å². The monoisotopic (exact) mass is 237 g/mol. The fourth-order valence-corrected chi connectivity index (χ4v) is 1.94. The molecule has 1 aromatic heterocycles. The molecular formula is C11H8ClNOS. The van der Waals surface area contributed by atoms with Crippen molar-refractivity contribution in [3.05, 3.63) is 50.9 Å². The van der Waals surface area contributed by atoms with Crippen LogP contribution in [0.25, 0.3) is 0 Å². The maximum absolute atomic E-state index is 11.9. The van der Waals surface area contributed by atoms with E-state index in [0.717, 1.165) is 5.01 Å². The minimum absolute atomic E-state index is 0.0592. The number of nitrogens with zero attached hydrogens (tertiary/aromatic N) is 1. The van der Waals surface area contributed by atoms with Crippen LogP contribution in [0.2, 0.25) is 5.02 Å². The van der Waals surface area contributed by atoms with E-state index in [1.807, 2.05) is 6.92 Å². The summed E-state index contributed by atoms with van der Waals surface area (Å²) < 4.78 is 0. The lowest BCUT2D eigenvalue weighted by atomic mass is 10.1. The molecule has 0 saturated carbocycles. The molecular weight excluding hydrogens is 230 g/mol. The lowest BCUT2D eigenvalue weighted by Crippen LogP contribution is -2.01. The third-order valence-corrected chi connectivity index (χ3v) is 2.98. The third kappa shape index (κ3) is 2.25. The van der Waals surface area contributed by atoms with Crippen LogP contribution in [-0.4, -0.2) is 10.8 Å². The fourth-order valence-electron chi connectivity index (χ4n) is 1.22. The lowest BCUT2D eigenvalue weighted by Gasteiger charge is -1.96. The summed E-state index contributed by atoms with van der Waals surface area (Å²) in [7, 11) is 0. The molecule has 76 valence electrons. The maximum Gasteiger partial charge on any atom is 0.212 e. The summed E-state index contributed by atoms with van der Waals surface area (Å²) in [6.45, 7) is 1.88. The van der Waals surface area contributed by atoms with Crippen molar-refractivity contribution in [2.75, 3.05) is 0 Å². The number of carbonyl (C=O) groups excluding carboxylic acids is 1. The second kappa shape index (κ2) is 4.13. The van der Waals surface area contributed by atoms with Crippen LogP contribution in [0.15, 0.2) is 29.6 Å². The number of benzene rings is 1. The highest BCUT2D eigenvalue weighted by molar-refractivity contribution is 7.09. The van der Waals surface area contributed by atoms with E-state index in [0.29, 0.717) is 16.3 Å². The molecule has 0 aliphatic carbocycles. The third-order valence-electron chi connectivity index (χ3n) is 1.96. The van der Waals surface area contributed by atoms with E-state index in [1.54, 1.807) is 29.6 Å². The SMILES string of the molecule is Cc1nc(C(=O)c2ccc(Cl)cc2)cs1. The first kappa shape index (κ1) is 10.3. The summed E-state index contributed by atoms with van der Waals surface area (Å²) in [5, 5.41) is 3.29. The number of rotatable bonds is 2. The Morgan fingerprint density at radius 2 is 2.00 bits per heavy atom. The second-order valence-electron chi connectivity index (χ2n) is 3.09. The molecule has 1 heterocycles. The molecule has 0 fully saturated rings. The van der Waals surface area contributed by atoms with E-state index in [-0.39, 0.29) is 5.78 Å². The van der Waals surface area contributed by atoms with Crippen LogP contribution in [0.4, 0.5) is 0 Å². The van der Waals surface area contributed by atoms with Crippen LogP contribution in [0.1, 0.15) is 21.1 Å². The Kier molecular flexibility index (Phi) is 2.84. The molecule has 0 spiro atoms. The Morgan fingerprint density at radius 1 is 1.33 bits per heavy atom. The van der Waals surface area contributed by atoms with Crippen molar-refractivity contribution in [3.8, 4) is 0 Å². The Hall–Kier alpha value is -1.19. The topological polar surface area (TPSA) is 30.0 Å². The highest BCUT2D eigenvalue weighted by Gasteiger charge is 2.11. The van der Waals surface area contributed by atoms with Crippen molar-refractivity contribution in [2.24, 2.45) is 0 Å². The van der Waals surface area contributed by atoms with Crippen LogP contribution in [-0.2, 0) is 0 Å². The van der Waals surface area contributed by atoms with Gasteiger partial charge < -0.3 is 0 Å². The largest absolute Gasteiger partial charge is 0.287 e. The zero-order valence-corrected chi connectivity index (χ0v) is 9.60. The number of halogens is 1. The molecule has 0 unspecified atom stereocenters. The van der Waals surface area contributed by atoms with Gasteiger partial charge in [0.25, 0.3) is 0 Å². The minimum atomic E-state index is -0.0592. The van der Waals surface area contributed by atoms with E-state index in [9.17, 15) is 4.79 Å². The number of aromatic nitrogens is 1. The van der Waals surface area contributed by atoms with Crippen molar-refractivity contribution < 1.29 is 4.79 Å². The molecule has 0 bridgehead atoms. The smallest absolute Gasteiger partial charge is 0.212 e. The predicted molar refractivity (Wildman–Crippen MR) is 61.7 cm³/mol. The summed E-state index contributed by atoms with van der Waals surface area (Å²) in [5.74, 6) is -0.0592. The predicted octanol–water partition coefficient (Wildman–Crippen LogP) is 3.34. The van der Waals surface area contributed by atoms with E-state index < -0.39 is 0 Å². The molecule has 0 aliphatic rings. The number of hydrogen-bond acceptors (Lipinski definition) is 3. The van der Waals surface area contributed by atoms with E-state index >= 15 is 0 Å². The Morgan fingerprint density at radius 3 is 2.53 bits per heavy atom. The van der Waals surface area contributed by atoms with Crippen molar-refractivity contribution >= 4 is 28.7 Å². The number of aryl methyl sites for hydroxylation is 1. The summed E-state index contributed by atoms with van der Waals surface area (Å²) in [6.07, 6.45) is 0. The van der Waals surface area contributed by atoms with Gasteiger partial charge >= 0.3 is 0 Å². The summed E-state index contributed by atoms with van der Waals surface area (Å²) in [4.78, 5) is 16.0. The van der Waals surface area contributed by atoms with E-state index in [4.69, 9.17) is 11.6 Å². The number of hydrogen-bond donors (Lipinski definition) is 0. The first-order valence-electron chi connectivity index (χ1n) is 4.39. The Bertz CT molecular complexity index is 490. The van der Waals surface area contributed by atoms with Gasteiger partial charge in [-0.1, -0.05) is 11.6 Å². The van der Waals surface area contributed by atoms with Crippen LogP contribution in [0, 0.1) is 6.92 Å². The summed E-state index contributed by atoms with van der Waals surface area (Å²) in [5.41, 5.74) is 1.12. The Balaban J connectivity index is 2.32. The van der Waals surface area contributed by atoms with Crippen molar-refractivity contribution in [2.45, 2.75) is 6.92 Å². The van der Waals surface area contributed by atoms with Gasteiger partial charge in [-0.15, -0.1) is 11.3 Å². The van der Waals surface area contributed by atoms with E-state index in [2.05, 4.69) is 4.98 Å². The molecule has 4 heteroatoms. The molecule has 0 amide bonds. The van der Waals surface area contributed by atoms with Crippen LogP contribution in [0.5, 0.6) is 0 Å². The molecule has 15 heavy (non-hydrogen) atoms. The number of ketones is 1. The average Bonchev–Trinajstić information content (AvgIpc) is 2.65. The highest BCUT2D eigenvalue weighted by Crippen LogP contribution is 2.15. The molecule has 0 atom stereocenters. The van der Waals surface area contributed by atoms with Gasteiger partial charge in [-0.2, -0.15) is 0 Å². The molecule has 0 aliphatic heterocycles. The summed E-state index contributed by atoms with van der Waals surface area (Å²) in [6, 6.07) is 6.82. The van der Waals surface area contributed by atoms with E-state index in [1.165, 1.54) is 11.3 Å². The fraction of sp³-hybridized carbons (Fsp3) is 0.0909. The highest BCUT2D eigenvalue weighted by atomic mass is 35.5. The molecule has 0 saturated heterocycles. The lowest BCUT2D eigenvalue weighted by molar-refractivity contribution is 0.103. The first-order valence-corrected chi connectivity index (χ1v) is 5.65. The second-order valence-corrected chi connectivity index (χ2v) is 4.59. The van der Waals surface area contributed by atoms with Crippen LogP contribution < -0.4 is 0 Å². The number of thiazole rings is 1. The van der Waals surface area contributed by atoms with Crippen molar-refractivity contribution in [1.82, 2.24) is 4.98 Å². The van der Waals surface area contributed by atoms with Gasteiger partial charge in [0, 0.05) is 16.0 Å². The van der Waals surface area contributed by atoms with Gasteiger partial charge in [-0.05, 0) is 31.2 Å². The van der Waals surface area contributed by atoms with Gasteiger partial charge in [0.1, 0.15) is 5.69 Å². The van der Waals surface area contributed by atoms with Crippen LogP contribution in [0.3, 0.4) is 0 Å². The molecule has 2 aromatic rings. The molecule has 1 aromatic carbocycles. The van der Waals surface area contributed by atoms with Gasteiger partial charge in [0.05, 0.1) is 5.01 Å². The quantitative estimate of drug-likeness (QED) is 0.750. The maximum atomic E-state index is 11.9. The van der Waals surface area contributed by atoms with Gasteiger partial charge in [0.15, 0.2) is 0 Å². The molecule has 0 N–H and O–H groups in total. The first-order chi connectivity index (χ1) is 7.16. The Labute approximate surface area is 96.5 Å². The molecule has 2 rings (SSSR count). The minimum Gasteiger partial charge on any atom is -0.287 e. The van der Waals surface area contributed by atoms with Crippen molar-refractivity contribution in [1.29, 1.82) is 0 Å². The average molecular weight is 238 g/mol. The van der Waals surface area contributed by atoms with Crippen molar-refractivity contribution in [3.63, 3.8) is 0 Å². The normalized spacial score (nSPS) is 10.3. The van der Waals surface area contributed by atoms with Gasteiger partial charge in [-0.25, -0.2) is 4.98 Å². The summed E-state index contributed by atoms with van der Waals surface area (Å²) >= 11 is 7.21. The van der Waals surface area contributed by atoms with Crippen LogP contribution >= 0.6 is 22.9 Å². The van der Waals surface area contributed by atoms with Gasteiger partial charge in [-0.3, -0.25) is 4.79 Å². The zero-order valence-electron chi connectivity index (χ0n) is 8.03. The molecule has 2 nitrogen and oxygen atoms in total. The zero-order chi connectivity index (χ0) is 10.8. The standard InChI is InChI=1S/C11H8ClNOS/c1-7-13-10(6-15-7)11(14)8-2-4-9(12)5-3-8/h2-6H,1H3.